The molecule has 0 unspecified atom stereocenters. The minimum absolute atomic E-state index is 0.0536. The number of nitrogens with zero attached hydrogens (tertiary/aromatic N) is 1. The van der Waals surface area contributed by atoms with Crippen molar-refractivity contribution >= 4 is 59.9 Å². The van der Waals surface area contributed by atoms with Crippen LogP contribution in [0.15, 0.2) is 128 Å². The number of ether oxygens (including phenoxy) is 1. The Morgan fingerprint density at radius 3 is 1.86 bits per heavy atom. The fraction of sp³-hybridized carbons (Fsp3) is 0.340. The molecule has 4 aromatic carbocycles. The number of benzene rings is 4. The number of Topliss-reactive ketones (excluding diaryl/α,β-unsaturated/α-hetero) is 2. The van der Waals surface area contributed by atoms with E-state index in [1.165, 1.54) is 0 Å². The molecule has 4 aromatic rings. The molecule has 0 radical (unpaired) electrons. The molecule has 1 heterocycles. The van der Waals surface area contributed by atoms with Crippen molar-refractivity contribution in [1.82, 2.24) is 10.2 Å². The molecule has 0 spiro atoms. The Bertz CT molecular complexity index is 2010. The maximum atomic E-state index is 15.2. The smallest absolute Gasteiger partial charge is 0.258 e. The van der Waals surface area contributed by atoms with Gasteiger partial charge < -0.3 is 24.5 Å². The fourth-order valence-corrected chi connectivity index (χ4v) is 13.3. The zero-order chi connectivity index (χ0) is 42.1. The van der Waals surface area contributed by atoms with Crippen molar-refractivity contribution in [3.8, 4) is 5.75 Å². The molecular weight excluding hydrogens is 764 g/mol. The van der Waals surface area contributed by atoms with E-state index in [-0.39, 0.29) is 61.0 Å². The van der Waals surface area contributed by atoms with Crippen LogP contribution in [-0.2, 0) is 18.8 Å². The van der Waals surface area contributed by atoms with Gasteiger partial charge in [-0.2, -0.15) is 0 Å². The molecule has 0 bridgehead atoms. The summed E-state index contributed by atoms with van der Waals surface area (Å²) in [5, 5.41) is 14.1. The summed E-state index contributed by atoms with van der Waals surface area (Å²) < 4.78 is 12.5. The van der Waals surface area contributed by atoms with Gasteiger partial charge in [0.05, 0.1) is 30.1 Å². The molecule has 58 heavy (non-hydrogen) atoms. The second-order valence-corrected chi connectivity index (χ2v) is 24.2. The van der Waals surface area contributed by atoms with Gasteiger partial charge in [-0.3, -0.25) is 19.2 Å². The van der Waals surface area contributed by atoms with Crippen LogP contribution in [0.3, 0.4) is 0 Å². The lowest BCUT2D eigenvalue weighted by Gasteiger charge is -2.53. The first-order valence-corrected chi connectivity index (χ1v) is 24.6. The molecule has 3 atom stereocenters. The highest BCUT2D eigenvalue weighted by atomic mass is 31.2. The van der Waals surface area contributed by atoms with Crippen LogP contribution in [-0.4, -0.2) is 79.0 Å². The highest BCUT2D eigenvalue weighted by Gasteiger charge is 2.56. The van der Waals surface area contributed by atoms with Crippen LogP contribution >= 0.6 is 6.89 Å². The number of rotatable bonds is 19. The lowest BCUT2D eigenvalue weighted by molar-refractivity contribution is -0.154. The SMILES string of the molecule is C=CCCC(=O)C(N1C(=O)[C@H]([C@@H](C)O[Si](C)(C)C(C)(C)C)[C@H]1CC(=O)c1ccc(OCC(=O)NCCO)cc1)=P(c1ccccc1)(c1ccccc1)c1ccccc1. The molecule has 2 N–H and O–H groups in total. The number of likely N-dealkylation sites (tertiary alicyclic amines) is 1. The number of carbonyl (C=O) groups excluding carboxylic acids is 4. The number of hydrogen-bond donors (Lipinski definition) is 2. The van der Waals surface area contributed by atoms with E-state index in [4.69, 9.17) is 14.3 Å². The Morgan fingerprint density at radius 1 is 0.879 bits per heavy atom. The molecule has 1 saturated heterocycles. The Morgan fingerprint density at radius 2 is 1.40 bits per heavy atom. The number of carbonyl (C=O) groups is 4. The zero-order valence-corrected chi connectivity index (χ0v) is 36.4. The molecule has 0 saturated carbocycles. The van der Waals surface area contributed by atoms with Gasteiger partial charge in [0, 0.05) is 31.8 Å². The number of hydrogen-bond acceptors (Lipinski definition) is 7. The van der Waals surface area contributed by atoms with E-state index in [0.29, 0.717) is 23.2 Å². The summed E-state index contributed by atoms with van der Waals surface area (Å²) in [6.07, 6.45) is 1.69. The molecule has 306 valence electrons. The van der Waals surface area contributed by atoms with E-state index in [0.717, 1.165) is 15.9 Å². The van der Waals surface area contributed by atoms with Gasteiger partial charge in [-0.05, 0) is 71.7 Å². The predicted molar refractivity (Wildman–Crippen MR) is 237 cm³/mol. The van der Waals surface area contributed by atoms with Crippen molar-refractivity contribution in [3.63, 3.8) is 0 Å². The van der Waals surface area contributed by atoms with E-state index in [2.05, 4.69) is 45.8 Å². The molecule has 1 fully saturated rings. The van der Waals surface area contributed by atoms with Crippen molar-refractivity contribution in [3.05, 3.63) is 133 Å². The summed E-state index contributed by atoms with van der Waals surface area (Å²) in [6, 6.07) is 35.7. The average Bonchev–Trinajstić information content (AvgIpc) is 3.21. The minimum atomic E-state index is -3.09. The van der Waals surface area contributed by atoms with Crippen molar-refractivity contribution in [1.29, 1.82) is 0 Å². The summed E-state index contributed by atoms with van der Waals surface area (Å²) in [5.74, 6) is -1.28. The van der Waals surface area contributed by atoms with Crippen LogP contribution in [0, 0.1) is 5.92 Å². The van der Waals surface area contributed by atoms with Crippen LogP contribution in [0.5, 0.6) is 5.75 Å². The van der Waals surface area contributed by atoms with Crippen molar-refractivity contribution < 1.29 is 33.4 Å². The molecule has 0 aliphatic carbocycles. The molecule has 5 rings (SSSR count). The van der Waals surface area contributed by atoms with Crippen molar-refractivity contribution in [2.75, 3.05) is 19.8 Å². The molecule has 11 heteroatoms. The Labute approximate surface area is 344 Å². The quantitative estimate of drug-likeness (QED) is 0.0358. The second-order valence-electron chi connectivity index (χ2n) is 16.2. The monoisotopic (exact) mass is 820 g/mol. The Kier molecular flexibility index (Phi) is 14.7. The van der Waals surface area contributed by atoms with Crippen molar-refractivity contribution in [2.45, 2.75) is 77.2 Å². The fourth-order valence-electron chi connectivity index (χ4n) is 7.31. The maximum absolute atomic E-state index is 15.2. The van der Waals surface area contributed by atoms with Gasteiger partial charge in [0.15, 0.2) is 26.5 Å². The van der Waals surface area contributed by atoms with Crippen LogP contribution in [0.25, 0.3) is 0 Å². The van der Waals surface area contributed by atoms with Gasteiger partial charge in [0.1, 0.15) is 5.75 Å². The van der Waals surface area contributed by atoms with Gasteiger partial charge in [0.2, 0.25) is 5.91 Å². The second kappa shape index (κ2) is 19.3. The van der Waals surface area contributed by atoms with Gasteiger partial charge in [-0.15, -0.1) is 6.58 Å². The predicted octanol–water partition coefficient (Wildman–Crippen LogP) is 6.64. The number of aliphatic hydroxyl groups excluding tert-OH is 1. The molecule has 2 amide bonds. The lowest BCUT2D eigenvalue weighted by Crippen LogP contribution is -2.69. The summed E-state index contributed by atoms with van der Waals surface area (Å²) in [6.45, 7) is 13.2. The number of nitrogens with one attached hydrogen (secondary N) is 1. The number of allylic oxidation sites excluding steroid dienone is 1. The molecule has 1 aliphatic rings. The van der Waals surface area contributed by atoms with Crippen LogP contribution in [0.2, 0.25) is 18.1 Å². The van der Waals surface area contributed by atoms with Crippen LogP contribution in [0.4, 0.5) is 0 Å². The summed E-state index contributed by atoms with van der Waals surface area (Å²) >= 11 is 0. The zero-order valence-electron chi connectivity index (χ0n) is 34.5. The van der Waals surface area contributed by atoms with E-state index in [9.17, 15) is 9.59 Å². The number of aliphatic hydroxyl groups is 1. The van der Waals surface area contributed by atoms with E-state index in [1.54, 1.807) is 35.2 Å². The molecular formula is C47H57N2O7PSi. The summed E-state index contributed by atoms with van der Waals surface area (Å²) in [5.41, 5.74) is 0.808. The highest BCUT2D eigenvalue weighted by molar-refractivity contribution is 7.96. The maximum Gasteiger partial charge on any atom is 0.258 e. The average molecular weight is 821 g/mol. The van der Waals surface area contributed by atoms with Gasteiger partial charge in [-0.25, -0.2) is 0 Å². The molecule has 1 aliphatic heterocycles. The number of amides is 2. The van der Waals surface area contributed by atoms with Gasteiger partial charge >= 0.3 is 0 Å². The van der Waals surface area contributed by atoms with Crippen molar-refractivity contribution in [2.24, 2.45) is 5.92 Å². The van der Waals surface area contributed by atoms with E-state index >= 15 is 9.59 Å². The van der Waals surface area contributed by atoms with E-state index < -0.39 is 33.3 Å². The van der Waals surface area contributed by atoms with E-state index in [1.807, 2.05) is 97.9 Å². The molecule has 0 aromatic heterocycles. The van der Waals surface area contributed by atoms with Crippen LogP contribution in [0.1, 0.15) is 57.3 Å². The number of β-lactam (4-membered cyclic amide) rings is 1. The Balaban J connectivity index is 1.71. The topological polar surface area (TPSA) is 122 Å². The first-order valence-electron chi connectivity index (χ1n) is 19.9. The third kappa shape index (κ3) is 9.53. The summed E-state index contributed by atoms with van der Waals surface area (Å²) in [7, 11) is -2.38. The largest absolute Gasteiger partial charge is 0.484 e. The minimum Gasteiger partial charge on any atom is -0.484 e. The first-order chi connectivity index (χ1) is 27.7. The Hall–Kier alpha value is -4.86. The first kappa shape index (κ1) is 44.2. The lowest BCUT2D eigenvalue weighted by atomic mass is 9.79. The standard InChI is InChI=1S/C47H57N2O7PSi/c1-8-9-25-41(51)46(57(37-19-13-10-14-20-37,38-21-15-11-16-22-38)39-23-17-12-18-24-39)49-40(44(45(49)54)34(2)56-58(6,7)47(3,4)5)32-42(52)35-26-28-36(29-27-35)55-33-43(53)48-30-31-50/h8,10-24,26-29,34,40,44,50H,1,9,25,30-33H2,2-7H3,(H,48,53)/t34-,40-,44-/m1/s1. The normalized spacial score (nSPS) is 16.2. The van der Waals surface area contributed by atoms with Gasteiger partial charge in [0.25, 0.3) is 5.91 Å². The highest BCUT2D eigenvalue weighted by Crippen LogP contribution is 2.51. The number of ketones is 2. The van der Waals surface area contributed by atoms with Gasteiger partial charge in [-0.1, -0.05) is 118 Å². The van der Waals surface area contributed by atoms with Crippen LogP contribution < -0.4 is 26.0 Å². The summed E-state index contributed by atoms with van der Waals surface area (Å²) in [4.78, 5) is 58.5. The molecule has 9 nitrogen and oxygen atoms in total. The third-order valence-corrected chi connectivity index (χ3v) is 20.1. The third-order valence-electron chi connectivity index (χ3n) is 11.2.